The summed E-state index contributed by atoms with van der Waals surface area (Å²) in [6.45, 7) is 4.57. The summed E-state index contributed by atoms with van der Waals surface area (Å²) in [5.41, 5.74) is 1.96. The molecule has 4 heteroatoms. The van der Waals surface area contributed by atoms with Gasteiger partial charge in [-0.1, -0.05) is 19.9 Å². The quantitative estimate of drug-likeness (QED) is 0.858. The topological polar surface area (TPSA) is 50.4 Å². The second kappa shape index (κ2) is 6.06. The summed E-state index contributed by atoms with van der Waals surface area (Å²) in [7, 11) is 1.97. The Kier molecular flexibility index (Phi) is 4.43. The lowest BCUT2D eigenvalue weighted by molar-refractivity contribution is -0.118. The highest BCUT2D eigenvalue weighted by Gasteiger charge is 2.18. The minimum Gasteiger partial charge on any atom is -0.482 e. The Hall–Kier alpha value is -1.55. The minimum atomic E-state index is -0.0900. The lowest BCUT2D eigenvalue weighted by Gasteiger charge is -2.22. The number of carbonyl (C=O) groups is 1. The molecule has 104 valence electrons. The second-order valence-corrected chi connectivity index (χ2v) is 5.40. The molecule has 1 atom stereocenters. The van der Waals surface area contributed by atoms with E-state index in [1.807, 2.05) is 19.2 Å². The fraction of sp³-hybridized carbons (Fsp3) is 0.533. The molecular weight excluding hydrogens is 240 g/mol. The molecule has 0 aliphatic carbocycles. The van der Waals surface area contributed by atoms with Crippen molar-refractivity contribution in [2.45, 2.75) is 32.7 Å². The molecule has 1 heterocycles. The predicted octanol–water partition coefficient (Wildman–Crippen LogP) is 2.71. The first-order chi connectivity index (χ1) is 9.10. The van der Waals surface area contributed by atoms with Gasteiger partial charge in [0.05, 0.1) is 5.69 Å². The van der Waals surface area contributed by atoms with Crippen LogP contribution in [0.2, 0.25) is 0 Å². The van der Waals surface area contributed by atoms with Crippen LogP contribution in [0.1, 0.15) is 38.3 Å². The minimum absolute atomic E-state index is 0.0900. The Morgan fingerprint density at radius 2 is 2.16 bits per heavy atom. The molecule has 0 aromatic heterocycles. The molecule has 0 saturated carbocycles. The summed E-state index contributed by atoms with van der Waals surface area (Å²) in [5, 5.41) is 6.19. The van der Waals surface area contributed by atoms with Gasteiger partial charge in [0.2, 0.25) is 0 Å². The van der Waals surface area contributed by atoms with Crippen molar-refractivity contribution >= 4 is 11.6 Å². The van der Waals surface area contributed by atoms with Gasteiger partial charge in [-0.3, -0.25) is 4.79 Å². The number of hydrogen-bond acceptors (Lipinski definition) is 3. The number of amides is 1. The Morgan fingerprint density at radius 1 is 1.37 bits per heavy atom. The van der Waals surface area contributed by atoms with Crippen LogP contribution in [-0.4, -0.2) is 19.6 Å². The molecule has 0 saturated heterocycles. The normalized spacial score (nSPS) is 15.7. The van der Waals surface area contributed by atoms with Gasteiger partial charge in [-0.2, -0.15) is 0 Å². The van der Waals surface area contributed by atoms with Crippen molar-refractivity contribution in [1.29, 1.82) is 0 Å². The van der Waals surface area contributed by atoms with Crippen LogP contribution in [-0.2, 0) is 4.79 Å². The molecule has 1 aromatic carbocycles. The van der Waals surface area contributed by atoms with E-state index in [0.29, 0.717) is 12.0 Å². The fourth-order valence-electron chi connectivity index (χ4n) is 2.30. The second-order valence-electron chi connectivity index (χ2n) is 5.40. The van der Waals surface area contributed by atoms with E-state index in [2.05, 4.69) is 30.5 Å². The number of carbonyl (C=O) groups excluding carboxylic acids is 1. The van der Waals surface area contributed by atoms with E-state index in [1.165, 1.54) is 12.0 Å². The van der Waals surface area contributed by atoms with Gasteiger partial charge in [0.15, 0.2) is 6.61 Å². The number of rotatable bonds is 5. The maximum Gasteiger partial charge on any atom is 0.262 e. The number of benzene rings is 1. The maximum absolute atomic E-state index is 11.3. The van der Waals surface area contributed by atoms with Gasteiger partial charge in [0.25, 0.3) is 5.91 Å². The van der Waals surface area contributed by atoms with E-state index in [4.69, 9.17) is 4.74 Å². The summed E-state index contributed by atoms with van der Waals surface area (Å²) in [4.78, 5) is 11.3. The zero-order chi connectivity index (χ0) is 13.8. The van der Waals surface area contributed by atoms with Crippen LogP contribution in [0.3, 0.4) is 0 Å². The van der Waals surface area contributed by atoms with E-state index in [0.717, 1.165) is 17.9 Å². The third-order valence-electron chi connectivity index (χ3n) is 3.42. The predicted molar refractivity (Wildman–Crippen MR) is 76.4 cm³/mol. The molecule has 1 aromatic rings. The van der Waals surface area contributed by atoms with E-state index in [-0.39, 0.29) is 12.5 Å². The third-order valence-corrected chi connectivity index (χ3v) is 3.42. The van der Waals surface area contributed by atoms with Crippen LogP contribution >= 0.6 is 0 Å². The first-order valence-corrected chi connectivity index (χ1v) is 6.84. The SMILES string of the molecule is CNC(CCC(C)C)c1ccc2c(c1)NC(=O)CO2. The maximum atomic E-state index is 11.3. The van der Waals surface area contributed by atoms with Crippen molar-refractivity contribution in [1.82, 2.24) is 5.32 Å². The summed E-state index contributed by atoms with van der Waals surface area (Å²) in [5.74, 6) is 1.35. The largest absolute Gasteiger partial charge is 0.482 e. The van der Waals surface area contributed by atoms with Gasteiger partial charge in [0, 0.05) is 6.04 Å². The van der Waals surface area contributed by atoms with Crippen molar-refractivity contribution in [3.8, 4) is 5.75 Å². The Morgan fingerprint density at radius 3 is 2.84 bits per heavy atom. The van der Waals surface area contributed by atoms with Crippen molar-refractivity contribution in [3.63, 3.8) is 0 Å². The summed E-state index contributed by atoms with van der Waals surface area (Å²) in [6.07, 6.45) is 2.26. The third kappa shape index (κ3) is 3.47. The highest BCUT2D eigenvalue weighted by Crippen LogP contribution is 2.32. The van der Waals surface area contributed by atoms with Gasteiger partial charge < -0.3 is 15.4 Å². The van der Waals surface area contributed by atoms with Gasteiger partial charge in [-0.25, -0.2) is 0 Å². The molecule has 1 aliphatic rings. The van der Waals surface area contributed by atoms with Gasteiger partial charge >= 0.3 is 0 Å². The first kappa shape index (κ1) is 13.9. The van der Waals surface area contributed by atoms with E-state index < -0.39 is 0 Å². The van der Waals surface area contributed by atoms with Crippen molar-refractivity contribution < 1.29 is 9.53 Å². The molecule has 1 unspecified atom stereocenters. The van der Waals surface area contributed by atoms with Crippen LogP contribution in [0.5, 0.6) is 5.75 Å². The highest BCUT2D eigenvalue weighted by molar-refractivity contribution is 5.95. The van der Waals surface area contributed by atoms with Crippen molar-refractivity contribution in [2.24, 2.45) is 5.92 Å². The van der Waals surface area contributed by atoms with E-state index in [9.17, 15) is 4.79 Å². The first-order valence-electron chi connectivity index (χ1n) is 6.84. The molecule has 2 N–H and O–H groups in total. The van der Waals surface area contributed by atoms with Crippen molar-refractivity contribution in [2.75, 3.05) is 19.0 Å². The molecule has 1 aliphatic heterocycles. The van der Waals surface area contributed by atoms with Gasteiger partial charge in [-0.05, 0) is 43.5 Å². The summed E-state index contributed by atoms with van der Waals surface area (Å²) < 4.78 is 5.37. The number of nitrogens with one attached hydrogen (secondary N) is 2. The lowest BCUT2D eigenvalue weighted by atomic mass is 9.97. The average molecular weight is 262 g/mol. The van der Waals surface area contributed by atoms with Crippen LogP contribution in [0.25, 0.3) is 0 Å². The summed E-state index contributed by atoms with van der Waals surface area (Å²) >= 11 is 0. The molecular formula is C15H22N2O2. The zero-order valence-corrected chi connectivity index (χ0v) is 11.8. The molecule has 19 heavy (non-hydrogen) atoms. The number of ether oxygens (including phenoxy) is 1. The fourth-order valence-corrected chi connectivity index (χ4v) is 2.30. The Labute approximate surface area is 114 Å². The van der Waals surface area contributed by atoms with Gasteiger partial charge in [-0.15, -0.1) is 0 Å². The highest BCUT2D eigenvalue weighted by atomic mass is 16.5. The zero-order valence-electron chi connectivity index (χ0n) is 11.8. The molecule has 0 radical (unpaired) electrons. The molecule has 4 nitrogen and oxygen atoms in total. The number of fused-ring (bicyclic) bond motifs is 1. The van der Waals surface area contributed by atoms with Gasteiger partial charge in [0.1, 0.15) is 5.75 Å². The van der Waals surface area contributed by atoms with E-state index >= 15 is 0 Å². The molecule has 0 spiro atoms. The van der Waals surface area contributed by atoms with Crippen LogP contribution in [0.4, 0.5) is 5.69 Å². The Balaban J connectivity index is 2.15. The lowest BCUT2D eigenvalue weighted by Crippen LogP contribution is -2.26. The number of hydrogen-bond donors (Lipinski definition) is 2. The Bertz CT molecular complexity index is 457. The van der Waals surface area contributed by atoms with Crippen molar-refractivity contribution in [3.05, 3.63) is 23.8 Å². The molecule has 1 amide bonds. The number of anilines is 1. The van der Waals surface area contributed by atoms with E-state index in [1.54, 1.807) is 0 Å². The smallest absolute Gasteiger partial charge is 0.262 e. The average Bonchev–Trinajstić information content (AvgIpc) is 2.38. The monoisotopic (exact) mass is 262 g/mol. The van der Waals surface area contributed by atoms with Crippen LogP contribution in [0.15, 0.2) is 18.2 Å². The van der Waals surface area contributed by atoms with Crippen LogP contribution < -0.4 is 15.4 Å². The van der Waals surface area contributed by atoms with Crippen LogP contribution in [0, 0.1) is 5.92 Å². The molecule has 2 rings (SSSR count). The standard InChI is InChI=1S/C15H22N2O2/c1-10(2)4-6-12(16-3)11-5-7-14-13(8-11)17-15(18)9-19-14/h5,7-8,10,12,16H,4,6,9H2,1-3H3,(H,17,18). The molecule has 0 bridgehead atoms. The molecule has 0 fully saturated rings. The summed E-state index contributed by atoms with van der Waals surface area (Å²) in [6, 6.07) is 6.32.